The van der Waals surface area contributed by atoms with E-state index in [4.69, 9.17) is 10.2 Å². The number of carbonyl (C=O) groups is 1. The summed E-state index contributed by atoms with van der Waals surface area (Å²) in [4.78, 5) is 13.2. The molecule has 0 aliphatic carbocycles. The van der Waals surface area contributed by atoms with E-state index in [0.29, 0.717) is 0 Å². The van der Waals surface area contributed by atoms with Crippen molar-refractivity contribution in [2.75, 3.05) is 0 Å². The highest BCUT2D eigenvalue weighted by atomic mass is 19.4. The van der Waals surface area contributed by atoms with Crippen LogP contribution in [0.15, 0.2) is 6.20 Å². The maximum absolute atomic E-state index is 12.5. The van der Waals surface area contributed by atoms with Crippen molar-refractivity contribution >= 4 is 5.97 Å². The molecule has 0 saturated carbocycles. The van der Waals surface area contributed by atoms with E-state index in [1.165, 1.54) is 0 Å². The van der Waals surface area contributed by atoms with Crippen LogP contribution in [-0.2, 0) is 6.18 Å². The number of alkyl halides is 5. The van der Waals surface area contributed by atoms with Crippen molar-refractivity contribution < 1.29 is 37.0 Å². The molecule has 1 aromatic heterocycles. The number of hydrogen-bond acceptors (Lipinski definition) is 3. The SMILES string of the molecule is O=C(O)c1c(O)cnc(C(F)F)c1C(F)(F)F. The van der Waals surface area contributed by atoms with E-state index >= 15 is 0 Å². The van der Waals surface area contributed by atoms with Crippen LogP contribution in [-0.4, -0.2) is 21.2 Å². The van der Waals surface area contributed by atoms with Crippen LogP contribution in [0.3, 0.4) is 0 Å². The number of halogens is 5. The number of hydrogen-bond donors (Lipinski definition) is 2. The molecule has 0 saturated heterocycles. The second-order valence-corrected chi connectivity index (χ2v) is 2.88. The molecule has 1 rings (SSSR count). The lowest BCUT2D eigenvalue weighted by atomic mass is 10.1. The summed E-state index contributed by atoms with van der Waals surface area (Å²) in [6.45, 7) is 0. The molecule has 0 bridgehead atoms. The van der Waals surface area contributed by atoms with Gasteiger partial charge in [-0.25, -0.2) is 13.6 Å². The average molecular weight is 257 g/mol. The summed E-state index contributed by atoms with van der Waals surface area (Å²) in [5.74, 6) is -3.49. The van der Waals surface area contributed by atoms with Crippen molar-refractivity contribution in [2.45, 2.75) is 12.6 Å². The molecule has 0 unspecified atom stereocenters. The number of carboxylic acids is 1. The molecule has 2 N–H and O–H groups in total. The third-order valence-electron chi connectivity index (χ3n) is 1.79. The zero-order valence-corrected chi connectivity index (χ0v) is 7.79. The monoisotopic (exact) mass is 257 g/mol. The van der Waals surface area contributed by atoms with Crippen molar-refractivity contribution in [1.29, 1.82) is 0 Å². The van der Waals surface area contributed by atoms with Gasteiger partial charge in [0.2, 0.25) is 0 Å². The Hall–Kier alpha value is -1.93. The minimum atomic E-state index is -5.36. The Morgan fingerprint density at radius 3 is 2.24 bits per heavy atom. The molecule has 0 aliphatic heterocycles. The van der Waals surface area contributed by atoms with Gasteiger partial charge < -0.3 is 10.2 Å². The van der Waals surface area contributed by atoms with Gasteiger partial charge in [-0.05, 0) is 0 Å². The molecule has 1 aromatic rings. The summed E-state index contributed by atoms with van der Waals surface area (Å²) < 4.78 is 62.0. The van der Waals surface area contributed by atoms with Crippen LogP contribution in [0.4, 0.5) is 22.0 Å². The molecule has 0 atom stereocenters. The Morgan fingerprint density at radius 2 is 1.88 bits per heavy atom. The van der Waals surface area contributed by atoms with Crippen molar-refractivity contribution in [3.63, 3.8) is 0 Å². The van der Waals surface area contributed by atoms with Gasteiger partial charge >= 0.3 is 12.1 Å². The number of carboxylic acid groups (broad SMARTS) is 1. The van der Waals surface area contributed by atoms with Gasteiger partial charge in [-0.2, -0.15) is 13.2 Å². The number of aromatic nitrogens is 1. The van der Waals surface area contributed by atoms with Crippen LogP contribution in [0.25, 0.3) is 0 Å². The lowest BCUT2D eigenvalue weighted by molar-refractivity contribution is -0.140. The third kappa shape index (κ3) is 2.43. The van der Waals surface area contributed by atoms with Crippen molar-refractivity contribution in [2.24, 2.45) is 0 Å². The van der Waals surface area contributed by atoms with Crippen LogP contribution >= 0.6 is 0 Å². The average Bonchev–Trinajstić information content (AvgIpc) is 2.14. The maximum atomic E-state index is 12.5. The summed E-state index contributed by atoms with van der Waals surface area (Å²) >= 11 is 0. The molecule has 0 fully saturated rings. The lowest BCUT2D eigenvalue weighted by Crippen LogP contribution is -2.18. The quantitative estimate of drug-likeness (QED) is 0.798. The molecule has 0 radical (unpaired) electrons. The number of pyridine rings is 1. The first kappa shape index (κ1) is 13.1. The van der Waals surface area contributed by atoms with Crippen LogP contribution < -0.4 is 0 Å². The van der Waals surface area contributed by atoms with Crippen LogP contribution in [0, 0.1) is 0 Å². The van der Waals surface area contributed by atoms with Gasteiger partial charge in [0, 0.05) is 0 Å². The standard InChI is InChI=1S/C8H4F5NO3/c9-6(10)5-4(8(11,12)13)3(7(16)17)2(15)1-14-5/h1,6,15H,(H,16,17). The van der Waals surface area contributed by atoms with Gasteiger partial charge in [0.25, 0.3) is 6.43 Å². The molecule has 0 aromatic carbocycles. The zero-order chi connectivity index (χ0) is 13.4. The summed E-state index contributed by atoms with van der Waals surface area (Å²) in [6, 6.07) is 0. The first-order chi connectivity index (χ1) is 7.66. The van der Waals surface area contributed by atoms with Crippen molar-refractivity contribution in [3.05, 3.63) is 23.0 Å². The van der Waals surface area contributed by atoms with Crippen molar-refractivity contribution in [1.82, 2.24) is 4.98 Å². The van der Waals surface area contributed by atoms with E-state index in [1.54, 1.807) is 0 Å². The Morgan fingerprint density at radius 1 is 1.35 bits per heavy atom. The Balaban J connectivity index is 3.68. The minimum absolute atomic E-state index is 0.236. The van der Waals surface area contributed by atoms with E-state index in [0.717, 1.165) is 0 Å². The largest absolute Gasteiger partial charge is 0.505 e. The third-order valence-corrected chi connectivity index (χ3v) is 1.79. The fourth-order valence-electron chi connectivity index (χ4n) is 1.18. The number of aromatic carboxylic acids is 1. The first-order valence-electron chi connectivity index (χ1n) is 3.96. The maximum Gasteiger partial charge on any atom is 0.419 e. The highest BCUT2D eigenvalue weighted by Gasteiger charge is 2.42. The molecule has 0 amide bonds. The number of aromatic hydroxyl groups is 1. The number of nitrogens with zero attached hydrogens (tertiary/aromatic N) is 1. The summed E-state index contributed by atoms with van der Waals surface area (Å²) in [6.07, 6.45) is -8.73. The number of rotatable bonds is 2. The van der Waals surface area contributed by atoms with Crippen LogP contribution in [0.1, 0.15) is 28.0 Å². The minimum Gasteiger partial charge on any atom is -0.505 e. The second kappa shape index (κ2) is 4.15. The molecule has 1 heterocycles. The zero-order valence-electron chi connectivity index (χ0n) is 7.79. The van der Waals surface area contributed by atoms with E-state index in [2.05, 4.69) is 4.98 Å². The highest BCUT2D eigenvalue weighted by Crippen LogP contribution is 2.40. The van der Waals surface area contributed by atoms with E-state index in [-0.39, 0.29) is 6.20 Å². The predicted molar refractivity (Wildman–Crippen MR) is 42.8 cm³/mol. The first-order valence-corrected chi connectivity index (χ1v) is 3.96. The highest BCUT2D eigenvalue weighted by molar-refractivity contribution is 5.92. The Kier molecular flexibility index (Phi) is 3.21. The summed E-state index contributed by atoms with van der Waals surface area (Å²) in [5.41, 5.74) is -5.50. The van der Waals surface area contributed by atoms with Gasteiger partial charge in [0.05, 0.1) is 6.20 Å². The smallest absolute Gasteiger partial charge is 0.419 e. The van der Waals surface area contributed by atoms with E-state index in [1.807, 2.05) is 0 Å². The van der Waals surface area contributed by atoms with Gasteiger partial charge in [0.1, 0.15) is 22.6 Å². The normalized spacial score (nSPS) is 11.9. The van der Waals surface area contributed by atoms with Gasteiger partial charge in [-0.15, -0.1) is 0 Å². The van der Waals surface area contributed by atoms with Gasteiger partial charge in [-0.1, -0.05) is 0 Å². The van der Waals surface area contributed by atoms with Crippen molar-refractivity contribution in [3.8, 4) is 5.75 Å². The lowest BCUT2D eigenvalue weighted by Gasteiger charge is -2.14. The topological polar surface area (TPSA) is 70.4 Å². The second-order valence-electron chi connectivity index (χ2n) is 2.88. The molecule has 0 spiro atoms. The van der Waals surface area contributed by atoms with E-state index in [9.17, 15) is 26.7 Å². The van der Waals surface area contributed by atoms with Gasteiger partial charge in [-0.3, -0.25) is 4.98 Å². The fraction of sp³-hybridized carbons (Fsp3) is 0.250. The predicted octanol–water partition coefficient (Wildman–Crippen LogP) is 2.44. The summed E-state index contributed by atoms with van der Waals surface area (Å²) in [7, 11) is 0. The van der Waals surface area contributed by atoms with Crippen LogP contribution in [0.5, 0.6) is 5.75 Å². The van der Waals surface area contributed by atoms with Crippen LogP contribution in [0.2, 0.25) is 0 Å². The van der Waals surface area contributed by atoms with E-state index < -0.39 is 41.1 Å². The molecular formula is C8H4F5NO3. The molecule has 0 aliphatic rings. The Bertz CT molecular complexity index is 457. The molecule has 9 heteroatoms. The fourth-order valence-corrected chi connectivity index (χ4v) is 1.18. The molecule has 17 heavy (non-hydrogen) atoms. The Labute approximate surface area is 90.3 Å². The molecule has 4 nitrogen and oxygen atoms in total. The summed E-state index contributed by atoms with van der Waals surface area (Å²) in [5, 5.41) is 17.4. The molecular weight excluding hydrogens is 253 g/mol. The molecule has 94 valence electrons. The van der Waals surface area contributed by atoms with Gasteiger partial charge in [0.15, 0.2) is 0 Å².